The summed E-state index contributed by atoms with van der Waals surface area (Å²) in [6.07, 6.45) is 0.156. The van der Waals surface area contributed by atoms with Crippen molar-refractivity contribution in [1.82, 2.24) is 0 Å². The van der Waals surface area contributed by atoms with Gasteiger partial charge < -0.3 is 10.2 Å². The van der Waals surface area contributed by atoms with Gasteiger partial charge in [0.25, 0.3) is 0 Å². The van der Waals surface area contributed by atoms with Crippen LogP contribution in [0.1, 0.15) is 31.4 Å². The van der Waals surface area contributed by atoms with Crippen LogP contribution in [0, 0.1) is 0 Å². The van der Waals surface area contributed by atoms with Crippen molar-refractivity contribution in [1.29, 1.82) is 0 Å². The third-order valence-corrected chi connectivity index (χ3v) is 4.12. The van der Waals surface area contributed by atoms with Crippen LogP contribution < -0.4 is 0 Å². The zero-order chi connectivity index (χ0) is 15.7. The molecule has 0 radical (unpaired) electrons. The van der Waals surface area contributed by atoms with Crippen LogP contribution in [0.5, 0.6) is 0 Å². The number of hydrogen-bond acceptors (Lipinski definition) is 2. The van der Waals surface area contributed by atoms with E-state index < -0.39 is 11.2 Å². The Morgan fingerprint density at radius 3 is 1.29 bits per heavy atom. The van der Waals surface area contributed by atoms with Crippen molar-refractivity contribution in [2.75, 3.05) is 0 Å². The summed E-state index contributed by atoms with van der Waals surface area (Å²) in [7, 11) is 0. The highest BCUT2D eigenvalue weighted by Gasteiger charge is 2.34. The van der Waals surface area contributed by atoms with Gasteiger partial charge in [0.1, 0.15) is 0 Å². The van der Waals surface area contributed by atoms with Gasteiger partial charge in [-0.25, -0.2) is 0 Å². The second-order valence-electron chi connectivity index (χ2n) is 5.74. The largest absolute Gasteiger partial charge is 0.385 e. The van der Waals surface area contributed by atoms with Crippen LogP contribution >= 0.6 is 23.2 Å². The molecule has 0 saturated heterocycles. The quantitative estimate of drug-likeness (QED) is 0.869. The Kier molecular flexibility index (Phi) is 4.64. The Hall–Kier alpha value is -1.06. The van der Waals surface area contributed by atoms with E-state index in [-0.39, 0.29) is 6.42 Å². The molecule has 112 valence electrons. The lowest BCUT2D eigenvalue weighted by molar-refractivity contribution is -0.0525. The monoisotopic (exact) mass is 324 g/mol. The second kappa shape index (κ2) is 5.98. The van der Waals surface area contributed by atoms with E-state index in [9.17, 15) is 10.2 Å². The topological polar surface area (TPSA) is 40.5 Å². The summed E-state index contributed by atoms with van der Waals surface area (Å²) in [5.41, 5.74) is -0.927. The second-order valence-corrected chi connectivity index (χ2v) is 6.61. The smallest absolute Gasteiger partial charge is 0.0899 e. The Morgan fingerprint density at radius 1 is 0.714 bits per heavy atom. The molecule has 0 heterocycles. The summed E-state index contributed by atoms with van der Waals surface area (Å²) in [6, 6.07) is 14.0. The maximum absolute atomic E-state index is 10.7. The molecule has 0 aromatic heterocycles. The van der Waals surface area contributed by atoms with Crippen LogP contribution in [-0.4, -0.2) is 10.2 Å². The van der Waals surface area contributed by atoms with Crippen molar-refractivity contribution >= 4 is 23.2 Å². The van der Waals surface area contributed by atoms with E-state index in [0.29, 0.717) is 21.2 Å². The van der Waals surface area contributed by atoms with Crippen molar-refractivity contribution in [3.63, 3.8) is 0 Å². The normalized spacial score (nSPS) is 17.0. The molecule has 0 unspecified atom stereocenters. The van der Waals surface area contributed by atoms with Crippen molar-refractivity contribution in [3.8, 4) is 0 Å². The van der Waals surface area contributed by atoms with Crippen LogP contribution in [0.15, 0.2) is 48.5 Å². The molecular formula is C17H18Cl2O2. The van der Waals surface area contributed by atoms with Crippen LogP contribution in [-0.2, 0) is 11.2 Å². The van der Waals surface area contributed by atoms with Crippen LogP contribution in [0.25, 0.3) is 0 Å². The van der Waals surface area contributed by atoms with Gasteiger partial charge in [-0.2, -0.15) is 0 Å². The van der Waals surface area contributed by atoms with Crippen LogP contribution in [0.2, 0.25) is 10.0 Å². The average Bonchev–Trinajstić information content (AvgIpc) is 2.38. The Labute approximate surface area is 135 Å². The molecule has 2 N–H and O–H groups in total. The first-order chi connectivity index (χ1) is 9.71. The number of benzene rings is 2. The molecule has 0 spiro atoms. The van der Waals surface area contributed by atoms with Gasteiger partial charge in [-0.1, -0.05) is 47.5 Å². The Balaban J connectivity index is 2.25. The maximum Gasteiger partial charge on any atom is 0.0899 e. The van der Waals surface area contributed by atoms with Crippen molar-refractivity contribution < 1.29 is 10.2 Å². The highest BCUT2D eigenvalue weighted by molar-refractivity contribution is 6.30. The van der Waals surface area contributed by atoms with Crippen LogP contribution in [0.3, 0.4) is 0 Å². The van der Waals surface area contributed by atoms with E-state index >= 15 is 0 Å². The molecule has 2 aromatic carbocycles. The molecule has 2 atom stereocenters. The lowest BCUT2D eigenvalue weighted by atomic mass is 9.81. The standard InChI is InChI=1S/C17H18Cl2O2/c1-16(20,12-3-7-14(18)8-4-12)11-17(2,21)13-5-9-15(19)10-6-13/h3-10,20-21H,11H2,1-2H3/t16-,17-/m1/s1. The fourth-order valence-electron chi connectivity index (χ4n) is 2.49. The van der Waals surface area contributed by atoms with Gasteiger partial charge >= 0.3 is 0 Å². The van der Waals surface area contributed by atoms with Gasteiger partial charge in [0.05, 0.1) is 11.2 Å². The molecular weight excluding hydrogens is 307 g/mol. The zero-order valence-electron chi connectivity index (χ0n) is 12.0. The SMILES string of the molecule is C[C@@](O)(C[C@@](C)(O)c1ccc(Cl)cc1)c1ccc(Cl)cc1. The minimum absolute atomic E-state index is 0.156. The number of aliphatic hydroxyl groups is 2. The van der Waals surface area contributed by atoms with E-state index in [1.54, 1.807) is 62.4 Å². The molecule has 4 heteroatoms. The van der Waals surface area contributed by atoms with Crippen molar-refractivity contribution in [3.05, 3.63) is 69.7 Å². The van der Waals surface area contributed by atoms with Gasteiger partial charge in [0, 0.05) is 16.5 Å². The first-order valence-corrected chi connectivity index (χ1v) is 7.43. The molecule has 0 saturated carbocycles. The summed E-state index contributed by atoms with van der Waals surface area (Å²) >= 11 is 11.7. The average molecular weight is 325 g/mol. The first kappa shape index (κ1) is 16.3. The first-order valence-electron chi connectivity index (χ1n) is 6.68. The molecule has 2 nitrogen and oxygen atoms in total. The number of rotatable bonds is 4. The molecule has 0 aliphatic carbocycles. The number of hydrogen-bond donors (Lipinski definition) is 2. The summed E-state index contributed by atoms with van der Waals surface area (Å²) < 4.78 is 0. The minimum atomic E-state index is -1.17. The third kappa shape index (κ3) is 3.98. The molecule has 0 fully saturated rings. The highest BCUT2D eigenvalue weighted by Crippen LogP contribution is 2.36. The van der Waals surface area contributed by atoms with E-state index in [1.165, 1.54) is 0 Å². The summed E-state index contributed by atoms with van der Waals surface area (Å²) in [5.74, 6) is 0. The zero-order valence-corrected chi connectivity index (χ0v) is 13.5. The summed E-state index contributed by atoms with van der Waals surface area (Å²) in [4.78, 5) is 0. The Morgan fingerprint density at radius 2 is 1.00 bits per heavy atom. The van der Waals surface area contributed by atoms with Gasteiger partial charge in [0.15, 0.2) is 0 Å². The maximum atomic E-state index is 10.7. The Bertz CT molecular complexity index is 546. The third-order valence-electron chi connectivity index (χ3n) is 3.62. The number of halogens is 2. The lowest BCUT2D eigenvalue weighted by Crippen LogP contribution is -2.33. The van der Waals surface area contributed by atoms with Gasteiger partial charge in [-0.3, -0.25) is 0 Å². The van der Waals surface area contributed by atoms with Crippen molar-refractivity contribution in [2.45, 2.75) is 31.5 Å². The van der Waals surface area contributed by atoms with Gasteiger partial charge in [-0.05, 0) is 49.2 Å². The molecule has 0 amide bonds. The lowest BCUT2D eigenvalue weighted by Gasteiger charge is -2.33. The van der Waals surface area contributed by atoms with Gasteiger partial charge in [-0.15, -0.1) is 0 Å². The fourth-order valence-corrected chi connectivity index (χ4v) is 2.74. The predicted molar refractivity (Wildman–Crippen MR) is 86.7 cm³/mol. The van der Waals surface area contributed by atoms with Gasteiger partial charge in [0.2, 0.25) is 0 Å². The van der Waals surface area contributed by atoms with Crippen molar-refractivity contribution in [2.24, 2.45) is 0 Å². The molecule has 0 bridgehead atoms. The molecule has 21 heavy (non-hydrogen) atoms. The van der Waals surface area contributed by atoms with E-state index in [4.69, 9.17) is 23.2 Å². The van der Waals surface area contributed by atoms with E-state index in [0.717, 1.165) is 0 Å². The molecule has 0 aliphatic heterocycles. The predicted octanol–water partition coefficient (Wildman–Crippen LogP) is 4.50. The molecule has 0 aliphatic rings. The van der Waals surface area contributed by atoms with Crippen LogP contribution in [0.4, 0.5) is 0 Å². The molecule has 2 rings (SSSR count). The minimum Gasteiger partial charge on any atom is -0.385 e. The summed E-state index contributed by atoms with van der Waals surface area (Å²) in [6.45, 7) is 3.36. The highest BCUT2D eigenvalue weighted by atomic mass is 35.5. The molecule has 2 aromatic rings. The van der Waals surface area contributed by atoms with E-state index in [1.807, 2.05) is 0 Å². The fraction of sp³-hybridized carbons (Fsp3) is 0.294. The van der Waals surface area contributed by atoms with E-state index in [2.05, 4.69) is 0 Å². The summed E-state index contributed by atoms with van der Waals surface area (Å²) in [5, 5.41) is 22.6.